The van der Waals surface area contributed by atoms with Crippen LogP contribution in [0.1, 0.15) is 55.0 Å². The zero-order valence-corrected chi connectivity index (χ0v) is 21.0. The van der Waals surface area contributed by atoms with Crippen molar-refractivity contribution in [2.75, 3.05) is 6.61 Å². The van der Waals surface area contributed by atoms with Crippen LogP contribution in [0, 0.1) is 0 Å². The largest absolute Gasteiger partial charge is 0.507 e. The SMILES string of the molecule is CCCCOc1cccc([C@@H]2C(=C(O)c3ccc4c(c3)C[C@H](C)O4)C(=O)C(=O)N2Cc2cccnc2)c1. The van der Waals surface area contributed by atoms with E-state index in [1.165, 1.54) is 4.90 Å². The van der Waals surface area contributed by atoms with Crippen LogP contribution in [0.15, 0.2) is 72.6 Å². The lowest BCUT2D eigenvalue weighted by molar-refractivity contribution is -0.140. The molecule has 2 aromatic carbocycles. The number of aliphatic hydroxyl groups is 1. The molecule has 2 aliphatic heterocycles. The van der Waals surface area contributed by atoms with Crippen LogP contribution in [-0.2, 0) is 22.6 Å². The highest BCUT2D eigenvalue weighted by atomic mass is 16.5. The van der Waals surface area contributed by atoms with Gasteiger partial charge in [-0.3, -0.25) is 14.6 Å². The van der Waals surface area contributed by atoms with Crippen LogP contribution in [-0.4, -0.2) is 39.4 Å². The lowest BCUT2D eigenvalue weighted by Gasteiger charge is -2.25. The third kappa shape index (κ3) is 4.94. The zero-order chi connectivity index (χ0) is 25.9. The third-order valence-electron chi connectivity index (χ3n) is 6.73. The summed E-state index contributed by atoms with van der Waals surface area (Å²) in [5.74, 6) is -0.146. The molecule has 2 aliphatic rings. The number of pyridine rings is 1. The minimum absolute atomic E-state index is 0.0490. The number of fused-ring (bicyclic) bond motifs is 1. The van der Waals surface area contributed by atoms with Crippen molar-refractivity contribution in [3.05, 3.63) is 94.8 Å². The van der Waals surface area contributed by atoms with E-state index >= 15 is 0 Å². The molecule has 3 heterocycles. The zero-order valence-electron chi connectivity index (χ0n) is 21.0. The summed E-state index contributed by atoms with van der Waals surface area (Å²) in [5, 5.41) is 11.5. The number of hydrogen-bond acceptors (Lipinski definition) is 6. The minimum atomic E-state index is -0.779. The Kier molecular flexibility index (Phi) is 6.95. The number of nitrogens with zero attached hydrogens (tertiary/aromatic N) is 2. The molecule has 0 unspecified atom stereocenters. The van der Waals surface area contributed by atoms with Gasteiger partial charge in [-0.1, -0.05) is 31.5 Å². The highest BCUT2D eigenvalue weighted by molar-refractivity contribution is 6.46. The first kappa shape index (κ1) is 24.6. The molecule has 7 nitrogen and oxygen atoms in total. The Balaban J connectivity index is 1.59. The van der Waals surface area contributed by atoms with Crippen molar-refractivity contribution in [2.45, 2.75) is 51.8 Å². The van der Waals surface area contributed by atoms with Crippen molar-refractivity contribution in [3.8, 4) is 11.5 Å². The fourth-order valence-electron chi connectivity index (χ4n) is 4.91. The number of likely N-dealkylation sites (tertiary alicyclic amines) is 1. The molecule has 0 aliphatic carbocycles. The fourth-order valence-corrected chi connectivity index (χ4v) is 4.91. The number of amides is 1. The summed E-state index contributed by atoms with van der Waals surface area (Å²) >= 11 is 0. The summed E-state index contributed by atoms with van der Waals surface area (Å²) in [5.41, 5.74) is 2.98. The van der Waals surface area contributed by atoms with Gasteiger partial charge in [0.2, 0.25) is 0 Å². The van der Waals surface area contributed by atoms with Gasteiger partial charge in [0.1, 0.15) is 23.4 Å². The highest BCUT2D eigenvalue weighted by Gasteiger charge is 2.46. The second-order valence-electron chi connectivity index (χ2n) is 9.52. The maximum absolute atomic E-state index is 13.4. The van der Waals surface area contributed by atoms with E-state index in [4.69, 9.17) is 9.47 Å². The average molecular weight is 499 g/mol. The van der Waals surface area contributed by atoms with Crippen LogP contribution < -0.4 is 9.47 Å². The summed E-state index contributed by atoms with van der Waals surface area (Å²) in [6, 6.07) is 15.6. The number of hydrogen-bond donors (Lipinski definition) is 1. The van der Waals surface area contributed by atoms with E-state index < -0.39 is 17.7 Å². The second-order valence-corrected chi connectivity index (χ2v) is 9.52. The van der Waals surface area contributed by atoms with E-state index in [2.05, 4.69) is 11.9 Å². The number of Topliss-reactive ketones (excluding diaryl/α,β-unsaturated/α-hetero) is 1. The van der Waals surface area contributed by atoms with Gasteiger partial charge in [-0.2, -0.15) is 0 Å². The predicted octanol–water partition coefficient (Wildman–Crippen LogP) is 5.21. The van der Waals surface area contributed by atoms with Crippen molar-refractivity contribution in [3.63, 3.8) is 0 Å². The Bertz CT molecular complexity index is 1350. The maximum Gasteiger partial charge on any atom is 0.295 e. The standard InChI is InChI=1S/C30H30N2O5/c1-3-4-13-36-24-9-5-8-21(16-24)27-26(28(33)22-10-11-25-23(15-22)14-19(2)37-25)29(34)30(35)32(27)18-20-7-6-12-31-17-20/h5-12,15-17,19,27,33H,3-4,13-14,18H2,1-2H3/t19-,27+/m0/s1. The molecular formula is C30H30N2O5. The first-order chi connectivity index (χ1) is 18.0. The van der Waals surface area contributed by atoms with Crippen LogP contribution >= 0.6 is 0 Å². The van der Waals surface area contributed by atoms with Crippen molar-refractivity contribution < 1.29 is 24.2 Å². The van der Waals surface area contributed by atoms with Gasteiger partial charge in [0, 0.05) is 30.9 Å². The molecule has 0 saturated carbocycles. The molecule has 3 aromatic rings. The number of rotatable bonds is 8. The van der Waals surface area contributed by atoms with Crippen LogP contribution in [0.25, 0.3) is 5.76 Å². The number of carbonyl (C=O) groups is 2. The Morgan fingerprint density at radius 1 is 1.16 bits per heavy atom. The minimum Gasteiger partial charge on any atom is -0.507 e. The van der Waals surface area contributed by atoms with Crippen LogP contribution in [0.3, 0.4) is 0 Å². The van der Waals surface area contributed by atoms with Crippen LogP contribution in [0.2, 0.25) is 0 Å². The molecule has 0 radical (unpaired) electrons. The second kappa shape index (κ2) is 10.5. The van der Waals surface area contributed by atoms with E-state index in [-0.39, 0.29) is 24.0 Å². The fraction of sp³-hybridized carbons (Fsp3) is 0.300. The van der Waals surface area contributed by atoms with Gasteiger partial charge in [-0.05, 0) is 66.4 Å². The first-order valence-electron chi connectivity index (χ1n) is 12.7. The molecule has 5 rings (SSSR count). The summed E-state index contributed by atoms with van der Waals surface area (Å²) in [6.45, 7) is 4.83. The number of aromatic nitrogens is 1. The normalized spacial score (nSPS) is 20.1. The van der Waals surface area contributed by atoms with E-state index in [1.54, 1.807) is 30.6 Å². The molecule has 190 valence electrons. The van der Waals surface area contributed by atoms with E-state index in [0.29, 0.717) is 29.9 Å². The Morgan fingerprint density at radius 2 is 2.03 bits per heavy atom. The van der Waals surface area contributed by atoms with Gasteiger partial charge in [0.05, 0.1) is 18.2 Å². The molecule has 37 heavy (non-hydrogen) atoms. The number of carbonyl (C=O) groups excluding carboxylic acids is 2. The van der Waals surface area contributed by atoms with Gasteiger partial charge < -0.3 is 19.5 Å². The summed E-state index contributed by atoms with van der Waals surface area (Å²) in [6.07, 6.45) is 6.02. The topological polar surface area (TPSA) is 89.0 Å². The number of unbranched alkanes of at least 4 members (excludes halogenated alkanes) is 1. The summed E-state index contributed by atoms with van der Waals surface area (Å²) in [4.78, 5) is 32.4. The molecule has 1 fully saturated rings. The molecular weight excluding hydrogens is 468 g/mol. The molecule has 7 heteroatoms. The quantitative estimate of drug-likeness (QED) is 0.199. The summed E-state index contributed by atoms with van der Waals surface area (Å²) in [7, 11) is 0. The molecule has 0 bridgehead atoms. The molecule has 1 saturated heterocycles. The van der Waals surface area contributed by atoms with Crippen molar-refractivity contribution >= 4 is 17.4 Å². The van der Waals surface area contributed by atoms with Gasteiger partial charge in [-0.25, -0.2) is 0 Å². The Morgan fingerprint density at radius 3 is 2.81 bits per heavy atom. The van der Waals surface area contributed by atoms with E-state index in [9.17, 15) is 14.7 Å². The first-order valence-corrected chi connectivity index (χ1v) is 12.7. The Labute approximate surface area is 216 Å². The van der Waals surface area contributed by atoms with Crippen LogP contribution in [0.4, 0.5) is 0 Å². The molecule has 2 atom stereocenters. The van der Waals surface area contributed by atoms with E-state index in [1.807, 2.05) is 43.3 Å². The molecule has 1 amide bonds. The van der Waals surface area contributed by atoms with Gasteiger partial charge >= 0.3 is 0 Å². The third-order valence-corrected chi connectivity index (χ3v) is 6.73. The maximum atomic E-state index is 13.4. The average Bonchev–Trinajstić information content (AvgIpc) is 3.40. The van der Waals surface area contributed by atoms with Crippen LogP contribution in [0.5, 0.6) is 11.5 Å². The number of benzene rings is 2. The van der Waals surface area contributed by atoms with Crippen molar-refractivity contribution in [1.82, 2.24) is 9.88 Å². The molecule has 0 spiro atoms. The molecule has 1 aromatic heterocycles. The number of ether oxygens (including phenoxy) is 2. The Hall–Kier alpha value is -4.13. The molecule has 1 N–H and O–H groups in total. The van der Waals surface area contributed by atoms with E-state index in [0.717, 1.165) is 29.7 Å². The van der Waals surface area contributed by atoms with Gasteiger partial charge in [0.25, 0.3) is 11.7 Å². The smallest absolute Gasteiger partial charge is 0.295 e. The van der Waals surface area contributed by atoms with Gasteiger partial charge in [-0.15, -0.1) is 0 Å². The lowest BCUT2D eigenvalue weighted by atomic mass is 9.94. The number of ketones is 1. The monoisotopic (exact) mass is 498 g/mol. The van der Waals surface area contributed by atoms with Crippen molar-refractivity contribution in [2.24, 2.45) is 0 Å². The lowest BCUT2D eigenvalue weighted by Crippen LogP contribution is -2.29. The van der Waals surface area contributed by atoms with Gasteiger partial charge in [0.15, 0.2) is 0 Å². The predicted molar refractivity (Wildman–Crippen MR) is 139 cm³/mol. The summed E-state index contributed by atoms with van der Waals surface area (Å²) < 4.78 is 11.7. The van der Waals surface area contributed by atoms with Crippen molar-refractivity contribution in [1.29, 1.82) is 0 Å². The number of aliphatic hydroxyl groups excluding tert-OH is 1. The highest BCUT2D eigenvalue weighted by Crippen LogP contribution is 2.42.